The molecular weight excluding hydrogens is 403 g/mol. The molecule has 2 aliphatic heterocycles. The summed E-state index contributed by atoms with van der Waals surface area (Å²) in [7, 11) is 0. The minimum Gasteiger partial charge on any atom is -0.394 e. The zero-order chi connectivity index (χ0) is 21.3. The Labute approximate surface area is 162 Å². The number of aliphatic hydroxyl groups excluding tert-OH is 1. The number of azide groups is 1. The molecule has 0 aromatic heterocycles. The van der Waals surface area contributed by atoms with Crippen molar-refractivity contribution < 1.29 is 42.3 Å². The highest BCUT2D eigenvalue weighted by molar-refractivity contribution is 5.81. The molecule has 2 rings (SSSR count). The first kappa shape index (κ1) is 22.8. The highest BCUT2D eigenvalue weighted by Gasteiger charge is 2.39. The van der Waals surface area contributed by atoms with Gasteiger partial charge in [0.2, 0.25) is 0 Å². The van der Waals surface area contributed by atoms with Crippen molar-refractivity contribution in [2.75, 3.05) is 33.2 Å². The number of alkyl halides is 3. The number of aliphatic hydroxyl groups is 1. The Morgan fingerprint density at radius 1 is 1.52 bits per heavy atom. The Morgan fingerprint density at radius 3 is 3.00 bits per heavy atom. The fourth-order valence-electron chi connectivity index (χ4n) is 2.49. The van der Waals surface area contributed by atoms with Gasteiger partial charge in [0.1, 0.15) is 25.7 Å². The summed E-state index contributed by atoms with van der Waals surface area (Å²) in [5.74, 6) is 2.91. The molecule has 160 valence electrons. The Kier molecular flexibility index (Phi) is 8.52. The summed E-state index contributed by atoms with van der Waals surface area (Å²) in [6.45, 7) is -1.15. The monoisotopic (exact) mass is 421 g/mol. The van der Waals surface area contributed by atoms with Gasteiger partial charge < -0.3 is 24.8 Å². The number of nitrogens with one attached hydrogen (secondary N) is 1. The molecule has 1 fully saturated rings. The minimum absolute atomic E-state index is 0.0398. The molecule has 1 amide bonds. The van der Waals surface area contributed by atoms with Gasteiger partial charge in [-0.25, -0.2) is 9.78 Å². The van der Waals surface area contributed by atoms with E-state index in [1.807, 2.05) is 0 Å². The lowest BCUT2D eigenvalue weighted by Gasteiger charge is -2.24. The summed E-state index contributed by atoms with van der Waals surface area (Å²) in [5, 5.41) is 14.3. The summed E-state index contributed by atoms with van der Waals surface area (Å²) in [4.78, 5) is 24.8. The van der Waals surface area contributed by atoms with Crippen molar-refractivity contribution in [3.05, 3.63) is 22.2 Å². The van der Waals surface area contributed by atoms with Gasteiger partial charge in [-0.05, 0) is 5.53 Å². The SMILES string of the molecule is [N-]=[N+]=NCOC1CC(N2C=C(C#CCNC(=O)C(F)(F)F)COOC2)OC1CO. The molecule has 2 heterocycles. The van der Waals surface area contributed by atoms with Crippen LogP contribution in [0.1, 0.15) is 6.42 Å². The number of nitrogens with zero attached hydrogens (tertiary/aromatic N) is 4. The van der Waals surface area contributed by atoms with E-state index in [1.165, 1.54) is 0 Å². The summed E-state index contributed by atoms with van der Waals surface area (Å²) < 4.78 is 47.4. The van der Waals surface area contributed by atoms with E-state index in [0.717, 1.165) is 0 Å². The summed E-state index contributed by atoms with van der Waals surface area (Å²) in [5.41, 5.74) is 8.66. The van der Waals surface area contributed by atoms with Crippen LogP contribution in [-0.2, 0) is 24.0 Å². The number of carbonyl (C=O) groups is 1. The third-order valence-corrected chi connectivity index (χ3v) is 3.80. The van der Waals surface area contributed by atoms with E-state index in [9.17, 15) is 23.1 Å². The number of hydrogen-bond donors (Lipinski definition) is 2. The zero-order valence-corrected chi connectivity index (χ0v) is 15.0. The largest absolute Gasteiger partial charge is 0.471 e. The van der Waals surface area contributed by atoms with Crippen LogP contribution in [0.25, 0.3) is 10.4 Å². The summed E-state index contributed by atoms with van der Waals surface area (Å²) in [6.07, 6.45) is -4.88. The van der Waals surface area contributed by atoms with Gasteiger partial charge in [-0.1, -0.05) is 17.0 Å². The predicted molar refractivity (Wildman–Crippen MR) is 87.9 cm³/mol. The van der Waals surface area contributed by atoms with Crippen LogP contribution in [0.15, 0.2) is 16.9 Å². The van der Waals surface area contributed by atoms with Crippen LogP contribution in [0, 0.1) is 11.8 Å². The molecule has 0 saturated carbocycles. The number of rotatable bonds is 6. The molecule has 0 spiro atoms. The molecule has 29 heavy (non-hydrogen) atoms. The Bertz CT molecular complexity index is 715. The standard InChI is InChI=1S/C15H18F3N5O6/c16-15(17,18)14(25)20-3-1-2-10-5-23(9-28-27-7-10)13-4-11(12(6-24)29-13)26-8-21-22-19/h5,11-13,24H,3-4,6-9H2,(H,20,25). The average molecular weight is 421 g/mol. The Balaban J connectivity index is 1.97. The molecule has 0 aliphatic carbocycles. The van der Waals surface area contributed by atoms with Crippen molar-refractivity contribution in [1.29, 1.82) is 0 Å². The van der Waals surface area contributed by atoms with Gasteiger partial charge in [-0.3, -0.25) is 4.79 Å². The number of ether oxygens (including phenoxy) is 2. The Hall–Kier alpha value is -2.53. The Morgan fingerprint density at radius 2 is 2.31 bits per heavy atom. The van der Waals surface area contributed by atoms with Gasteiger partial charge >= 0.3 is 12.1 Å². The lowest BCUT2D eigenvalue weighted by Crippen LogP contribution is -2.36. The highest BCUT2D eigenvalue weighted by atomic mass is 19.4. The molecule has 0 bridgehead atoms. The fourth-order valence-corrected chi connectivity index (χ4v) is 2.49. The van der Waals surface area contributed by atoms with E-state index in [0.29, 0.717) is 12.0 Å². The molecule has 2 aliphatic rings. The van der Waals surface area contributed by atoms with E-state index < -0.39 is 37.1 Å². The normalized spacial score (nSPS) is 24.6. The maximum atomic E-state index is 12.1. The molecule has 1 saturated heterocycles. The number of halogens is 3. The van der Waals surface area contributed by atoms with E-state index in [-0.39, 0.29) is 26.7 Å². The zero-order valence-electron chi connectivity index (χ0n) is 15.0. The summed E-state index contributed by atoms with van der Waals surface area (Å²) >= 11 is 0. The summed E-state index contributed by atoms with van der Waals surface area (Å²) in [6, 6.07) is 0. The quantitative estimate of drug-likeness (QED) is 0.210. The van der Waals surface area contributed by atoms with Crippen LogP contribution in [0.3, 0.4) is 0 Å². The molecule has 3 atom stereocenters. The minimum atomic E-state index is -4.97. The highest BCUT2D eigenvalue weighted by Crippen LogP contribution is 2.27. The maximum Gasteiger partial charge on any atom is 0.471 e. The molecule has 0 aromatic carbocycles. The van der Waals surface area contributed by atoms with Crippen molar-refractivity contribution in [3.63, 3.8) is 0 Å². The van der Waals surface area contributed by atoms with Crippen LogP contribution >= 0.6 is 0 Å². The molecule has 14 heteroatoms. The van der Waals surface area contributed by atoms with Gasteiger partial charge in [0.25, 0.3) is 0 Å². The van der Waals surface area contributed by atoms with Gasteiger partial charge in [0.05, 0.1) is 19.3 Å². The van der Waals surface area contributed by atoms with Crippen molar-refractivity contribution in [2.45, 2.75) is 31.0 Å². The number of hydrogen-bond acceptors (Lipinski definition) is 8. The maximum absolute atomic E-state index is 12.1. The van der Waals surface area contributed by atoms with Gasteiger partial charge in [-0.2, -0.15) is 13.2 Å². The average Bonchev–Trinajstić information content (AvgIpc) is 2.94. The third-order valence-electron chi connectivity index (χ3n) is 3.80. The van der Waals surface area contributed by atoms with Gasteiger partial charge in [0.15, 0.2) is 6.73 Å². The van der Waals surface area contributed by atoms with E-state index in [1.54, 1.807) is 16.4 Å². The van der Waals surface area contributed by atoms with Crippen molar-refractivity contribution in [1.82, 2.24) is 10.2 Å². The van der Waals surface area contributed by atoms with Crippen LogP contribution in [-0.4, -0.2) is 73.7 Å². The van der Waals surface area contributed by atoms with Gasteiger partial charge in [0, 0.05) is 23.1 Å². The second kappa shape index (κ2) is 10.9. The van der Waals surface area contributed by atoms with E-state index >= 15 is 0 Å². The molecule has 3 unspecified atom stereocenters. The molecule has 0 aromatic rings. The first-order chi connectivity index (χ1) is 13.8. The first-order valence-corrected chi connectivity index (χ1v) is 8.28. The van der Waals surface area contributed by atoms with Crippen molar-refractivity contribution >= 4 is 5.91 Å². The third kappa shape index (κ3) is 7.09. The fraction of sp³-hybridized carbons (Fsp3) is 0.667. The number of carbonyl (C=O) groups excluding carboxylic acids is 1. The van der Waals surface area contributed by atoms with Crippen LogP contribution in [0.4, 0.5) is 13.2 Å². The van der Waals surface area contributed by atoms with E-state index in [4.69, 9.17) is 24.8 Å². The van der Waals surface area contributed by atoms with Crippen LogP contribution in [0.5, 0.6) is 0 Å². The number of amides is 1. The smallest absolute Gasteiger partial charge is 0.394 e. The second-order valence-electron chi connectivity index (χ2n) is 5.77. The molecule has 0 radical (unpaired) electrons. The topological polar surface area (TPSA) is 138 Å². The molecule has 11 nitrogen and oxygen atoms in total. The van der Waals surface area contributed by atoms with E-state index in [2.05, 4.69) is 21.9 Å². The second-order valence-corrected chi connectivity index (χ2v) is 5.77. The lowest BCUT2D eigenvalue weighted by molar-refractivity contribution is -0.308. The van der Waals surface area contributed by atoms with Crippen LogP contribution in [0.2, 0.25) is 0 Å². The van der Waals surface area contributed by atoms with Crippen molar-refractivity contribution in [3.8, 4) is 11.8 Å². The van der Waals surface area contributed by atoms with Crippen molar-refractivity contribution in [2.24, 2.45) is 5.11 Å². The first-order valence-electron chi connectivity index (χ1n) is 8.28. The van der Waals surface area contributed by atoms with Crippen LogP contribution < -0.4 is 5.32 Å². The lowest BCUT2D eigenvalue weighted by atomic mass is 10.2. The predicted octanol–water partition coefficient (Wildman–Crippen LogP) is 0.534. The molecule has 2 N–H and O–H groups in total. The van der Waals surface area contributed by atoms with Gasteiger partial charge in [-0.15, -0.1) is 0 Å². The molecular formula is C15H18F3N5O6.